The van der Waals surface area contributed by atoms with Crippen molar-refractivity contribution in [3.63, 3.8) is 0 Å². The Balaban J connectivity index is 1.74. The number of esters is 1. The Morgan fingerprint density at radius 2 is 1.72 bits per heavy atom. The van der Waals surface area contributed by atoms with Crippen LogP contribution >= 0.6 is 0 Å². The number of hydrogen-bond donors (Lipinski definition) is 1. The van der Waals surface area contributed by atoms with Crippen LogP contribution in [0.2, 0.25) is 0 Å². The summed E-state index contributed by atoms with van der Waals surface area (Å²) in [6.45, 7) is 4.35. The number of imide groups is 1. The topological polar surface area (TPSA) is 96.0 Å². The highest BCUT2D eigenvalue weighted by Gasteiger charge is 2.49. The SMILES string of the molecule is CCC1(CC)NC(=O)N(CC(=O)O[C@H](C(=O)N2CCCC2)c2ccccc2)C1=O. The third-order valence-electron chi connectivity index (χ3n) is 5.73. The van der Waals surface area contributed by atoms with Crippen molar-refractivity contribution < 1.29 is 23.9 Å². The van der Waals surface area contributed by atoms with Crippen LogP contribution in [-0.2, 0) is 19.1 Å². The summed E-state index contributed by atoms with van der Waals surface area (Å²) in [5, 5.41) is 2.68. The maximum atomic E-state index is 12.9. The van der Waals surface area contributed by atoms with Crippen LogP contribution in [0.15, 0.2) is 30.3 Å². The molecular formula is C21H27N3O5. The molecule has 0 saturated carbocycles. The first-order chi connectivity index (χ1) is 13.9. The van der Waals surface area contributed by atoms with E-state index in [4.69, 9.17) is 4.74 Å². The van der Waals surface area contributed by atoms with E-state index in [0.717, 1.165) is 17.7 Å². The van der Waals surface area contributed by atoms with E-state index in [1.165, 1.54) is 0 Å². The third kappa shape index (κ3) is 4.11. The van der Waals surface area contributed by atoms with Crippen LogP contribution in [0.3, 0.4) is 0 Å². The number of likely N-dealkylation sites (tertiary alicyclic amines) is 1. The van der Waals surface area contributed by atoms with Gasteiger partial charge in [0, 0.05) is 18.7 Å². The number of amides is 4. The van der Waals surface area contributed by atoms with Crippen molar-refractivity contribution in [3.05, 3.63) is 35.9 Å². The van der Waals surface area contributed by atoms with Gasteiger partial charge in [-0.25, -0.2) is 4.79 Å². The lowest BCUT2D eigenvalue weighted by Gasteiger charge is -2.25. The van der Waals surface area contributed by atoms with Gasteiger partial charge in [-0.1, -0.05) is 44.2 Å². The smallest absolute Gasteiger partial charge is 0.327 e. The van der Waals surface area contributed by atoms with Crippen LogP contribution in [0.25, 0.3) is 0 Å². The van der Waals surface area contributed by atoms with Gasteiger partial charge in [-0.3, -0.25) is 19.3 Å². The largest absolute Gasteiger partial charge is 0.446 e. The Hall–Kier alpha value is -2.90. The van der Waals surface area contributed by atoms with E-state index in [9.17, 15) is 19.2 Å². The monoisotopic (exact) mass is 401 g/mol. The van der Waals surface area contributed by atoms with Gasteiger partial charge < -0.3 is 15.0 Å². The zero-order valence-corrected chi connectivity index (χ0v) is 16.8. The Bertz CT molecular complexity index is 785. The molecule has 0 unspecified atom stereocenters. The summed E-state index contributed by atoms with van der Waals surface area (Å²) in [5.74, 6) is -1.51. The fourth-order valence-corrected chi connectivity index (χ4v) is 3.84. The second-order valence-electron chi connectivity index (χ2n) is 7.42. The second-order valence-corrected chi connectivity index (χ2v) is 7.42. The summed E-state index contributed by atoms with van der Waals surface area (Å²) in [6.07, 6.45) is 1.60. The van der Waals surface area contributed by atoms with Gasteiger partial charge >= 0.3 is 12.0 Å². The van der Waals surface area contributed by atoms with E-state index in [0.29, 0.717) is 31.5 Å². The first-order valence-corrected chi connectivity index (χ1v) is 10.1. The maximum absolute atomic E-state index is 12.9. The van der Waals surface area contributed by atoms with E-state index < -0.39 is 36.1 Å². The van der Waals surface area contributed by atoms with E-state index in [-0.39, 0.29) is 5.91 Å². The fourth-order valence-electron chi connectivity index (χ4n) is 3.84. The number of carbonyl (C=O) groups excluding carboxylic acids is 4. The number of benzene rings is 1. The molecule has 2 aliphatic heterocycles. The van der Waals surface area contributed by atoms with Crippen LogP contribution in [0.5, 0.6) is 0 Å². The number of rotatable bonds is 7. The number of nitrogens with zero attached hydrogens (tertiary/aromatic N) is 2. The average Bonchev–Trinajstić information content (AvgIpc) is 3.35. The molecule has 2 saturated heterocycles. The van der Waals surface area contributed by atoms with Gasteiger partial charge in [0.15, 0.2) is 0 Å². The molecule has 2 heterocycles. The van der Waals surface area contributed by atoms with Crippen LogP contribution in [-0.4, -0.2) is 58.8 Å². The standard InChI is InChI=1S/C21H27N3O5/c1-3-21(4-2)19(27)24(20(28)22-21)14-16(25)29-17(15-10-6-5-7-11-15)18(26)23-12-8-9-13-23/h5-7,10-11,17H,3-4,8-9,12-14H2,1-2H3,(H,22,28)/t17-/m0/s1. The molecule has 2 aliphatic rings. The minimum Gasteiger partial charge on any atom is -0.446 e. The molecule has 0 aromatic heterocycles. The summed E-state index contributed by atoms with van der Waals surface area (Å²) in [5.41, 5.74) is -0.423. The highest BCUT2D eigenvalue weighted by atomic mass is 16.5. The Morgan fingerprint density at radius 1 is 1.10 bits per heavy atom. The summed E-state index contributed by atoms with van der Waals surface area (Å²) in [7, 11) is 0. The number of carbonyl (C=O) groups is 4. The van der Waals surface area contributed by atoms with Gasteiger partial charge in [0.25, 0.3) is 11.8 Å². The van der Waals surface area contributed by atoms with Crippen molar-refractivity contribution in [3.8, 4) is 0 Å². The van der Waals surface area contributed by atoms with Gasteiger partial charge in [0.1, 0.15) is 12.1 Å². The molecule has 2 fully saturated rings. The minimum atomic E-state index is -1.09. The molecule has 1 aromatic carbocycles. The normalized spacial score (nSPS) is 19.2. The van der Waals surface area contributed by atoms with Gasteiger partial charge in [-0.2, -0.15) is 0 Å². The Labute approximate surface area is 170 Å². The van der Waals surface area contributed by atoms with Crippen molar-refractivity contribution in [2.75, 3.05) is 19.6 Å². The Kier molecular flexibility index (Phi) is 6.20. The molecule has 29 heavy (non-hydrogen) atoms. The molecule has 0 spiro atoms. The van der Waals surface area contributed by atoms with Gasteiger partial charge in [0.2, 0.25) is 6.10 Å². The predicted octanol–water partition coefficient (Wildman–Crippen LogP) is 2.00. The first kappa shape index (κ1) is 20.8. The summed E-state index contributed by atoms with van der Waals surface area (Å²) >= 11 is 0. The van der Waals surface area contributed by atoms with Crippen LogP contribution in [0.1, 0.15) is 51.2 Å². The molecule has 1 aromatic rings. The number of hydrogen-bond acceptors (Lipinski definition) is 5. The molecule has 156 valence electrons. The molecule has 4 amide bonds. The lowest BCUT2D eigenvalue weighted by atomic mass is 9.93. The quantitative estimate of drug-likeness (QED) is 0.557. The van der Waals surface area contributed by atoms with Crippen LogP contribution < -0.4 is 5.32 Å². The van der Waals surface area contributed by atoms with E-state index in [1.54, 1.807) is 29.2 Å². The molecule has 0 bridgehead atoms. The van der Waals surface area contributed by atoms with E-state index in [1.807, 2.05) is 19.9 Å². The van der Waals surface area contributed by atoms with E-state index >= 15 is 0 Å². The molecule has 8 nitrogen and oxygen atoms in total. The average molecular weight is 401 g/mol. The highest BCUT2D eigenvalue weighted by molar-refractivity contribution is 6.08. The first-order valence-electron chi connectivity index (χ1n) is 10.1. The number of ether oxygens (including phenoxy) is 1. The lowest BCUT2D eigenvalue weighted by Crippen LogP contribution is -2.46. The van der Waals surface area contributed by atoms with Gasteiger partial charge in [-0.05, 0) is 25.7 Å². The van der Waals surface area contributed by atoms with Crippen molar-refractivity contribution in [2.45, 2.75) is 51.2 Å². The molecule has 1 N–H and O–H groups in total. The lowest BCUT2D eigenvalue weighted by molar-refractivity contribution is -0.161. The van der Waals surface area contributed by atoms with Crippen molar-refractivity contribution in [2.24, 2.45) is 0 Å². The molecular weight excluding hydrogens is 374 g/mol. The van der Waals surface area contributed by atoms with Crippen molar-refractivity contribution >= 4 is 23.8 Å². The van der Waals surface area contributed by atoms with Gasteiger partial charge in [-0.15, -0.1) is 0 Å². The maximum Gasteiger partial charge on any atom is 0.327 e. The summed E-state index contributed by atoms with van der Waals surface area (Å²) < 4.78 is 5.50. The second kappa shape index (κ2) is 8.63. The molecule has 3 rings (SSSR count). The van der Waals surface area contributed by atoms with Crippen molar-refractivity contribution in [1.29, 1.82) is 0 Å². The summed E-state index contributed by atoms with van der Waals surface area (Å²) in [4.78, 5) is 53.1. The van der Waals surface area contributed by atoms with Crippen LogP contribution in [0, 0.1) is 0 Å². The third-order valence-corrected chi connectivity index (χ3v) is 5.73. The van der Waals surface area contributed by atoms with Crippen molar-refractivity contribution in [1.82, 2.24) is 15.1 Å². The van der Waals surface area contributed by atoms with E-state index in [2.05, 4.69) is 5.32 Å². The number of urea groups is 1. The zero-order valence-electron chi connectivity index (χ0n) is 16.8. The number of nitrogens with one attached hydrogen (secondary N) is 1. The van der Waals surface area contributed by atoms with Crippen LogP contribution in [0.4, 0.5) is 4.79 Å². The molecule has 0 aliphatic carbocycles. The predicted molar refractivity (Wildman–Crippen MR) is 105 cm³/mol. The molecule has 8 heteroatoms. The Morgan fingerprint density at radius 3 is 2.28 bits per heavy atom. The molecule has 1 atom stereocenters. The minimum absolute atomic E-state index is 0.282. The summed E-state index contributed by atoms with van der Waals surface area (Å²) in [6, 6.07) is 8.17. The van der Waals surface area contributed by atoms with Gasteiger partial charge in [0.05, 0.1) is 0 Å². The molecule has 0 radical (unpaired) electrons. The highest BCUT2D eigenvalue weighted by Crippen LogP contribution is 2.26. The fraction of sp³-hybridized carbons (Fsp3) is 0.524. The zero-order chi connectivity index (χ0) is 21.0.